The van der Waals surface area contributed by atoms with E-state index in [4.69, 9.17) is 0 Å². The van der Waals surface area contributed by atoms with E-state index in [0.29, 0.717) is 0 Å². The quantitative estimate of drug-likeness (QED) is 0.276. The van der Waals surface area contributed by atoms with Gasteiger partial charge in [-0.2, -0.15) is 0 Å². The Morgan fingerprint density at radius 1 is 0.667 bits per heavy atom. The molecule has 0 aliphatic rings. The zero-order valence-electron chi connectivity index (χ0n) is 24.5. The van der Waals surface area contributed by atoms with Gasteiger partial charge in [-0.25, -0.2) is 0 Å². The van der Waals surface area contributed by atoms with Crippen molar-refractivity contribution in [1.29, 1.82) is 0 Å². The Labute approximate surface area is 235 Å². The number of benzene rings is 4. The Hall–Kier alpha value is -4.04. The van der Waals surface area contributed by atoms with E-state index in [0.717, 1.165) is 38.9 Å². The third-order valence-corrected chi connectivity index (χ3v) is 6.99. The van der Waals surface area contributed by atoms with E-state index in [9.17, 15) is 0 Å². The normalized spacial score (nSPS) is 12.9. The van der Waals surface area contributed by atoms with E-state index in [2.05, 4.69) is 168 Å². The van der Waals surface area contributed by atoms with Gasteiger partial charge in [-0.05, 0) is 82.6 Å². The molecule has 2 nitrogen and oxygen atoms in total. The lowest BCUT2D eigenvalue weighted by Gasteiger charge is -2.28. The van der Waals surface area contributed by atoms with E-state index in [1.54, 1.807) is 0 Å². The Morgan fingerprint density at radius 2 is 1.26 bits per heavy atom. The Morgan fingerprint density at radius 3 is 1.82 bits per heavy atom. The predicted molar refractivity (Wildman–Crippen MR) is 172 cm³/mol. The number of nitrogens with zero attached hydrogens (tertiary/aromatic N) is 1. The van der Waals surface area contributed by atoms with Gasteiger partial charge in [0.2, 0.25) is 0 Å². The molecule has 0 heterocycles. The molecular weight excluding hydrogens is 472 g/mol. The van der Waals surface area contributed by atoms with Crippen molar-refractivity contribution in [3.63, 3.8) is 0 Å². The highest BCUT2D eigenvalue weighted by Crippen LogP contribution is 2.35. The fraction of sp³-hybridized carbons (Fsp3) is 0.243. The molecule has 0 saturated carbocycles. The van der Waals surface area contributed by atoms with Crippen LogP contribution in [0, 0.1) is 0 Å². The molecule has 0 unspecified atom stereocenters. The third kappa shape index (κ3) is 6.70. The Bertz CT molecular complexity index is 1540. The fourth-order valence-electron chi connectivity index (χ4n) is 4.69. The third-order valence-electron chi connectivity index (χ3n) is 6.99. The second-order valence-electron chi connectivity index (χ2n) is 12.2. The summed E-state index contributed by atoms with van der Waals surface area (Å²) < 4.78 is 0. The molecule has 4 rings (SSSR count). The van der Waals surface area contributed by atoms with Crippen LogP contribution in [0.25, 0.3) is 12.3 Å². The highest BCUT2D eigenvalue weighted by atomic mass is 15.1. The number of allylic oxidation sites excluding steroid dienone is 1. The van der Waals surface area contributed by atoms with Crippen LogP contribution in [-0.4, -0.2) is 0 Å². The van der Waals surface area contributed by atoms with E-state index in [1.807, 2.05) is 6.07 Å². The van der Waals surface area contributed by atoms with Gasteiger partial charge >= 0.3 is 0 Å². The van der Waals surface area contributed by atoms with Crippen molar-refractivity contribution in [2.75, 3.05) is 10.2 Å². The van der Waals surface area contributed by atoms with Gasteiger partial charge in [-0.1, -0.05) is 109 Å². The maximum absolute atomic E-state index is 4.34. The van der Waals surface area contributed by atoms with Crippen LogP contribution >= 0.6 is 0 Å². The topological polar surface area (TPSA) is 15.3 Å². The lowest BCUT2D eigenvalue weighted by Crippen LogP contribution is -2.31. The maximum atomic E-state index is 4.34. The summed E-state index contributed by atoms with van der Waals surface area (Å²) >= 11 is 0. The van der Waals surface area contributed by atoms with Gasteiger partial charge in [0, 0.05) is 28.0 Å². The summed E-state index contributed by atoms with van der Waals surface area (Å²) in [5.41, 5.74) is 8.22. The van der Waals surface area contributed by atoms with Gasteiger partial charge in [0.25, 0.3) is 0 Å². The van der Waals surface area contributed by atoms with E-state index in [1.165, 1.54) is 11.1 Å². The highest BCUT2D eigenvalue weighted by molar-refractivity contribution is 5.86. The van der Waals surface area contributed by atoms with Gasteiger partial charge in [0.05, 0.1) is 5.70 Å². The van der Waals surface area contributed by atoms with Crippen molar-refractivity contribution in [2.45, 2.75) is 59.3 Å². The van der Waals surface area contributed by atoms with Crippen molar-refractivity contribution < 1.29 is 0 Å². The summed E-state index contributed by atoms with van der Waals surface area (Å²) in [4.78, 5) is 2.32. The summed E-state index contributed by atoms with van der Waals surface area (Å²) in [6.07, 6.45) is 4.27. The summed E-state index contributed by atoms with van der Waals surface area (Å²) in [5.74, 6) is 0. The summed E-state index contributed by atoms with van der Waals surface area (Å²) in [6, 6.07) is 34.6. The number of hydrogen-bond donors (Lipinski definition) is 1. The molecule has 4 aromatic rings. The van der Waals surface area contributed by atoms with E-state index in [-0.39, 0.29) is 10.8 Å². The Balaban J connectivity index is 1.84. The molecule has 0 bridgehead atoms. The van der Waals surface area contributed by atoms with Crippen LogP contribution in [0.5, 0.6) is 0 Å². The molecule has 2 heteroatoms. The van der Waals surface area contributed by atoms with Gasteiger partial charge in [0.15, 0.2) is 0 Å². The zero-order chi connectivity index (χ0) is 28.2. The fourth-order valence-corrected chi connectivity index (χ4v) is 4.69. The molecule has 0 fully saturated rings. The number of rotatable bonds is 6. The summed E-state index contributed by atoms with van der Waals surface area (Å²) in [6.45, 7) is 19.9. The van der Waals surface area contributed by atoms with E-state index < -0.39 is 0 Å². The lowest BCUT2D eigenvalue weighted by molar-refractivity contribution is 0.590. The molecule has 39 heavy (non-hydrogen) atoms. The van der Waals surface area contributed by atoms with Crippen molar-refractivity contribution in [3.8, 4) is 0 Å². The standard InChI is InChI=1S/C37H42N2/c1-9-13-35(34-17-11-10-14-27(34)2)39(32-24-20-29(21-25-32)37(6,7)8)33-16-12-15-31(26-33)38-30-22-18-28(19-23-30)36(3,4)5/h9-26,38H,2H2,1,3-8H3/b13-9-,35-34+. The van der Waals surface area contributed by atoms with Gasteiger partial charge in [0.1, 0.15) is 0 Å². The van der Waals surface area contributed by atoms with Crippen molar-refractivity contribution in [2.24, 2.45) is 0 Å². The van der Waals surface area contributed by atoms with Crippen molar-refractivity contribution in [3.05, 3.63) is 131 Å². The van der Waals surface area contributed by atoms with Gasteiger partial charge < -0.3 is 10.2 Å². The second-order valence-corrected chi connectivity index (χ2v) is 12.2. The lowest BCUT2D eigenvalue weighted by atomic mass is 9.87. The maximum Gasteiger partial charge on any atom is 0.0536 e. The molecule has 0 amide bonds. The van der Waals surface area contributed by atoms with Gasteiger partial charge in [-0.15, -0.1) is 0 Å². The van der Waals surface area contributed by atoms with Crippen LogP contribution in [0.15, 0.2) is 109 Å². The van der Waals surface area contributed by atoms with Crippen LogP contribution in [0.2, 0.25) is 0 Å². The molecular formula is C37H42N2. The molecule has 0 atom stereocenters. The molecule has 0 saturated heterocycles. The minimum atomic E-state index is 0.0888. The van der Waals surface area contributed by atoms with Crippen LogP contribution in [0.3, 0.4) is 0 Å². The first-order valence-corrected chi connectivity index (χ1v) is 13.8. The first-order chi connectivity index (χ1) is 18.5. The molecule has 0 radical (unpaired) electrons. The number of nitrogens with one attached hydrogen (secondary N) is 1. The predicted octanol–water partition coefficient (Wildman–Crippen LogP) is 8.96. The Kier molecular flexibility index (Phi) is 8.16. The SMILES string of the molecule is C=c1cccc/c1=C(/C=C\C)N(c1ccc(C(C)(C)C)cc1)c1cccc(Nc2ccc(C(C)(C)C)cc2)c1. The molecule has 0 spiro atoms. The average Bonchev–Trinajstić information content (AvgIpc) is 2.89. The second kappa shape index (κ2) is 11.4. The summed E-state index contributed by atoms with van der Waals surface area (Å²) in [7, 11) is 0. The van der Waals surface area contributed by atoms with Crippen LogP contribution in [-0.2, 0) is 10.8 Å². The van der Waals surface area contributed by atoms with Gasteiger partial charge in [-0.3, -0.25) is 0 Å². The first kappa shape index (κ1) is 28.0. The average molecular weight is 515 g/mol. The van der Waals surface area contributed by atoms with Crippen LogP contribution in [0.4, 0.5) is 22.7 Å². The molecule has 0 aromatic heterocycles. The van der Waals surface area contributed by atoms with E-state index >= 15 is 0 Å². The molecule has 0 aliphatic heterocycles. The first-order valence-electron chi connectivity index (χ1n) is 13.8. The summed E-state index contributed by atoms with van der Waals surface area (Å²) in [5, 5.41) is 5.71. The minimum absolute atomic E-state index is 0.0888. The zero-order valence-corrected chi connectivity index (χ0v) is 24.5. The number of anilines is 4. The smallest absolute Gasteiger partial charge is 0.0536 e. The van der Waals surface area contributed by atoms with Crippen LogP contribution < -0.4 is 20.7 Å². The molecule has 0 aliphatic carbocycles. The van der Waals surface area contributed by atoms with Crippen molar-refractivity contribution >= 4 is 35.0 Å². The molecule has 4 aromatic carbocycles. The largest absolute Gasteiger partial charge is 0.355 e. The molecule has 1 N–H and O–H groups in total. The number of hydrogen-bond acceptors (Lipinski definition) is 2. The van der Waals surface area contributed by atoms with Crippen LogP contribution in [0.1, 0.15) is 59.6 Å². The monoisotopic (exact) mass is 514 g/mol. The minimum Gasteiger partial charge on any atom is -0.355 e. The highest BCUT2D eigenvalue weighted by Gasteiger charge is 2.18. The van der Waals surface area contributed by atoms with Crippen molar-refractivity contribution in [1.82, 2.24) is 0 Å². The molecule has 200 valence electrons.